The fraction of sp³-hybridized carbons (Fsp3) is 0.636. The molecular formula is C11H16ClN3O. The van der Waals surface area contributed by atoms with Gasteiger partial charge in [-0.2, -0.15) is 0 Å². The average molecular weight is 242 g/mol. The predicted octanol–water partition coefficient (Wildman–Crippen LogP) is 1.79. The van der Waals surface area contributed by atoms with E-state index in [9.17, 15) is 5.11 Å². The summed E-state index contributed by atoms with van der Waals surface area (Å²) in [5, 5.41) is 9.79. The number of hydrogen-bond acceptors (Lipinski definition) is 4. The lowest BCUT2D eigenvalue weighted by Crippen LogP contribution is -2.43. The second kappa shape index (κ2) is 4.97. The molecule has 0 radical (unpaired) electrons. The van der Waals surface area contributed by atoms with Gasteiger partial charge in [0.2, 0.25) is 5.95 Å². The summed E-state index contributed by atoms with van der Waals surface area (Å²) >= 11 is 5.92. The quantitative estimate of drug-likeness (QED) is 0.802. The van der Waals surface area contributed by atoms with Gasteiger partial charge in [0.1, 0.15) is 5.15 Å². The second-order valence-corrected chi connectivity index (χ2v) is 4.54. The Kier molecular flexibility index (Phi) is 3.61. The van der Waals surface area contributed by atoms with Crippen LogP contribution in [0, 0.1) is 6.92 Å². The van der Waals surface area contributed by atoms with Crippen LogP contribution in [-0.2, 0) is 0 Å². The average Bonchev–Trinajstić information content (AvgIpc) is 2.27. The molecule has 0 bridgehead atoms. The highest BCUT2D eigenvalue weighted by molar-refractivity contribution is 6.29. The van der Waals surface area contributed by atoms with E-state index in [-0.39, 0.29) is 12.6 Å². The van der Waals surface area contributed by atoms with E-state index in [1.807, 2.05) is 6.92 Å². The molecule has 2 heterocycles. The normalized spacial score (nSPS) is 21.2. The highest BCUT2D eigenvalue weighted by Gasteiger charge is 2.24. The summed E-state index contributed by atoms with van der Waals surface area (Å²) in [6.45, 7) is 2.94. The molecule has 88 valence electrons. The monoisotopic (exact) mass is 241 g/mol. The largest absolute Gasteiger partial charge is 0.394 e. The zero-order valence-electron chi connectivity index (χ0n) is 9.36. The number of aromatic nitrogens is 2. The maximum absolute atomic E-state index is 9.33. The Bertz CT molecular complexity index is 352. The Morgan fingerprint density at radius 1 is 1.50 bits per heavy atom. The summed E-state index contributed by atoms with van der Waals surface area (Å²) < 4.78 is 0. The summed E-state index contributed by atoms with van der Waals surface area (Å²) in [7, 11) is 0. The van der Waals surface area contributed by atoms with E-state index in [0.717, 1.165) is 31.5 Å². The molecule has 0 spiro atoms. The molecule has 1 fully saturated rings. The van der Waals surface area contributed by atoms with E-state index >= 15 is 0 Å². The summed E-state index contributed by atoms with van der Waals surface area (Å²) in [5.41, 5.74) is 0.859. The van der Waals surface area contributed by atoms with Crippen molar-refractivity contribution >= 4 is 17.5 Å². The number of aliphatic hydroxyl groups is 1. The van der Waals surface area contributed by atoms with Crippen molar-refractivity contribution in [2.75, 3.05) is 18.1 Å². The number of rotatable bonds is 2. The van der Waals surface area contributed by atoms with Crippen LogP contribution >= 0.6 is 11.6 Å². The molecule has 0 amide bonds. The second-order valence-electron chi connectivity index (χ2n) is 4.16. The van der Waals surface area contributed by atoms with Gasteiger partial charge < -0.3 is 10.0 Å². The van der Waals surface area contributed by atoms with Gasteiger partial charge in [0, 0.05) is 12.2 Å². The summed E-state index contributed by atoms with van der Waals surface area (Å²) in [6.07, 6.45) is 3.26. The van der Waals surface area contributed by atoms with Crippen molar-refractivity contribution in [1.29, 1.82) is 0 Å². The molecule has 1 unspecified atom stereocenters. The summed E-state index contributed by atoms with van der Waals surface area (Å²) in [6, 6.07) is 1.87. The number of anilines is 1. The number of aliphatic hydroxyl groups excluding tert-OH is 1. The van der Waals surface area contributed by atoms with Crippen LogP contribution in [0.25, 0.3) is 0 Å². The molecular weight excluding hydrogens is 226 g/mol. The fourth-order valence-corrected chi connectivity index (χ4v) is 2.33. The van der Waals surface area contributed by atoms with Gasteiger partial charge >= 0.3 is 0 Å². The van der Waals surface area contributed by atoms with Crippen molar-refractivity contribution in [3.8, 4) is 0 Å². The van der Waals surface area contributed by atoms with Gasteiger partial charge in [-0.3, -0.25) is 0 Å². The molecule has 1 aromatic heterocycles. The number of hydrogen-bond donors (Lipinski definition) is 1. The minimum absolute atomic E-state index is 0.131. The smallest absolute Gasteiger partial charge is 0.227 e. The van der Waals surface area contributed by atoms with Gasteiger partial charge in [-0.1, -0.05) is 11.6 Å². The molecule has 1 aromatic rings. The standard InChI is InChI=1S/C11H16ClN3O/c1-8-6-10(12)14-11(13-8)15-5-3-2-4-9(15)7-16/h6,9,16H,2-5,7H2,1H3. The van der Waals surface area contributed by atoms with Crippen LogP contribution in [0.2, 0.25) is 5.15 Å². The summed E-state index contributed by atoms with van der Waals surface area (Å²) in [5.74, 6) is 0.642. The highest BCUT2D eigenvalue weighted by Crippen LogP contribution is 2.22. The van der Waals surface area contributed by atoms with E-state index in [0.29, 0.717) is 11.1 Å². The molecule has 0 aliphatic carbocycles. The molecule has 1 saturated heterocycles. The minimum Gasteiger partial charge on any atom is -0.394 e. The number of halogens is 1. The lowest BCUT2D eigenvalue weighted by atomic mass is 10.0. The molecule has 4 nitrogen and oxygen atoms in total. The first-order chi connectivity index (χ1) is 7.70. The third kappa shape index (κ3) is 2.44. The Balaban J connectivity index is 2.26. The van der Waals surface area contributed by atoms with Crippen LogP contribution in [0.15, 0.2) is 6.07 Å². The van der Waals surface area contributed by atoms with Crippen molar-refractivity contribution in [2.24, 2.45) is 0 Å². The first kappa shape index (κ1) is 11.6. The van der Waals surface area contributed by atoms with Crippen LogP contribution in [-0.4, -0.2) is 34.3 Å². The Labute approximate surface area is 100 Å². The molecule has 16 heavy (non-hydrogen) atoms. The van der Waals surface area contributed by atoms with E-state index < -0.39 is 0 Å². The predicted molar refractivity (Wildman–Crippen MR) is 63.8 cm³/mol. The first-order valence-electron chi connectivity index (χ1n) is 5.59. The van der Waals surface area contributed by atoms with E-state index in [1.165, 1.54) is 0 Å². The van der Waals surface area contributed by atoms with Crippen LogP contribution in [0.5, 0.6) is 0 Å². The van der Waals surface area contributed by atoms with Gasteiger partial charge in [0.25, 0.3) is 0 Å². The Hall–Kier alpha value is -0.870. The van der Waals surface area contributed by atoms with Crippen molar-refractivity contribution in [1.82, 2.24) is 9.97 Å². The van der Waals surface area contributed by atoms with Crippen molar-refractivity contribution in [2.45, 2.75) is 32.2 Å². The molecule has 0 saturated carbocycles. The lowest BCUT2D eigenvalue weighted by Gasteiger charge is -2.34. The lowest BCUT2D eigenvalue weighted by molar-refractivity contribution is 0.238. The number of nitrogens with zero attached hydrogens (tertiary/aromatic N) is 3. The van der Waals surface area contributed by atoms with Gasteiger partial charge in [0.15, 0.2) is 0 Å². The van der Waals surface area contributed by atoms with E-state index in [1.54, 1.807) is 6.07 Å². The van der Waals surface area contributed by atoms with Crippen molar-refractivity contribution in [3.63, 3.8) is 0 Å². The topological polar surface area (TPSA) is 49.2 Å². The first-order valence-corrected chi connectivity index (χ1v) is 5.97. The Morgan fingerprint density at radius 2 is 2.31 bits per heavy atom. The zero-order chi connectivity index (χ0) is 11.5. The molecule has 1 aliphatic heterocycles. The highest BCUT2D eigenvalue weighted by atomic mass is 35.5. The SMILES string of the molecule is Cc1cc(Cl)nc(N2CCCCC2CO)n1. The van der Waals surface area contributed by atoms with Crippen molar-refractivity contribution in [3.05, 3.63) is 16.9 Å². The van der Waals surface area contributed by atoms with Crippen LogP contribution in [0.3, 0.4) is 0 Å². The maximum Gasteiger partial charge on any atom is 0.227 e. The number of piperidine rings is 1. The zero-order valence-corrected chi connectivity index (χ0v) is 10.1. The van der Waals surface area contributed by atoms with Gasteiger partial charge in [-0.15, -0.1) is 0 Å². The van der Waals surface area contributed by atoms with Crippen molar-refractivity contribution < 1.29 is 5.11 Å². The molecule has 0 aromatic carbocycles. The minimum atomic E-state index is 0.131. The van der Waals surface area contributed by atoms with Crippen LogP contribution < -0.4 is 4.90 Å². The fourth-order valence-electron chi connectivity index (χ4n) is 2.10. The number of aryl methyl sites for hydroxylation is 1. The van der Waals surface area contributed by atoms with Gasteiger partial charge in [-0.05, 0) is 32.3 Å². The van der Waals surface area contributed by atoms with Crippen LogP contribution in [0.4, 0.5) is 5.95 Å². The van der Waals surface area contributed by atoms with E-state index in [4.69, 9.17) is 11.6 Å². The van der Waals surface area contributed by atoms with Gasteiger partial charge in [0.05, 0.1) is 12.6 Å². The summed E-state index contributed by atoms with van der Waals surface area (Å²) in [4.78, 5) is 10.7. The van der Waals surface area contributed by atoms with Crippen LogP contribution in [0.1, 0.15) is 25.0 Å². The molecule has 1 aliphatic rings. The Morgan fingerprint density at radius 3 is 3.00 bits per heavy atom. The van der Waals surface area contributed by atoms with Gasteiger partial charge in [-0.25, -0.2) is 9.97 Å². The third-order valence-electron chi connectivity index (χ3n) is 2.91. The molecule has 1 N–H and O–H groups in total. The molecule has 1 atom stereocenters. The molecule has 5 heteroatoms. The molecule has 2 rings (SSSR count). The van der Waals surface area contributed by atoms with E-state index in [2.05, 4.69) is 14.9 Å². The third-order valence-corrected chi connectivity index (χ3v) is 3.10. The maximum atomic E-state index is 9.33.